The summed E-state index contributed by atoms with van der Waals surface area (Å²) < 4.78 is 0. The molecule has 0 atom stereocenters. The number of carbonyl (C=O) groups excluding carboxylic acids is 2. The van der Waals surface area contributed by atoms with Gasteiger partial charge >= 0.3 is 0 Å². The topological polar surface area (TPSA) is 63.4 Å². The molecule has 1 heterocycles. The lowest BCUT2D eigenvalue weighted by Crippen LogP contribution is -2.34. The number of likely N-dealkylation sites (tertiary alicyclic amines) is 1. The molecule has 1 saturated heterocycles. The Balaban J connectivity index is 2.22. The number of rotatable bonds is 2. The molecule has 1 fully saturated rings. The average molecular weight is 267 g/mol. The van der Waals surface area contributed by atoms with Crippen LogP contribution in [-0.4, -0.2) is 16.7 Å². The minimum atomic E-state index is -0.128. The van der Waals surface area contributed by atoms with E-state index in [1.54, 1.807) is 18.2 Å². The van der Waals surface area contributed by atoms with Crippen LogP contribution in [0.2, 0.25) is 5.02 Å². The lowest BCUT2D eigenvalue weighted by molar-refractivity contribution is -0.144. The van der Waals surface area contributed by atoms with Gasteiger partial charge in [0, 0.05) is 23.6 Å². The molecule has 2 amide bonds. The largest absolute Gasteiger partial charge is 0.398 e. The van der Waals surface area contributed by atoms with Crippen molar-refractivity contribution in [2.45, 2.75) is 32.2 Å². The number of hydrogen-bond donors (Lipinski definition) is 1. The molecular formula is C13H15ClN2O2. The quantitative estimate of drug-likeness (QED) is 0.660. The summed E-state index contributed by atoms with van der Waals surface area (Å²) in [6.07, 6.45) is 2.39. The van der Waals surface area contributed by atoms with Crippen LogP contribution in [0.25, 0.3) is 0 Å². The Morgan fingerprint density at radius 1 is 1.17 bits per heavy atom. The van der Waals surface area contributed by atoms with E-state index in [-0.39, 0.29) is 18.4 Å². The van der Waals surface area contributed by atoms with Crippen molar-refractivity contribution in [3.05, 3.63) is 28.8 Å². The number of amides is 2. The fraction of sp³-hybridized carbons (Fsp3) is 0.385. The fourth-order valence-corrected chi connectivity index (χ4v) is 2.21. The number of nitrogens with two attached hydrogens (primary N) is 1. The maximum Gasteiger partial charge on any atom is 0.229 e. The molecule has 96 valence electrons. The summed E-state index contributed by atoms with van der Waals surface area (Å²) in [4.78, 5) is 25.0. The standard InChI is InChI=1S/C13H15ClN2O2/c14-10-5-6-11(15)9(7-10)8-16-12(17)3-1-2-4-13(16)18/h5-7H,1-4,8,15H2. The molecule has 0 radical (unpaired) electrons. The van der Waals surface area contributed by atoms with Crippen LogP contribution >= 0.6 is 11.6 Å². The molecule has 0 aromatic heterocycles. The maximum absolute atomic E-state index is 11.9. The number of halogens is 1. The lowest BCUT2D eigenvalue weighted by atomic mass is 10.1. The average Bonchev–Trinajstić information content (AvgIpc) is 2.48. The molecule has 2 N–H and O–H groups in total. The van der Waals surface area contributed by atoms with Crippen LogP contribution in [0.5, 0.6) is 0 Å². The zero-order chi connectivity index (χ0) is 13.1. The van der Waals surface area contributed by atoms with Gasteiger partial charge in [-0.1, -0.05) is 11.6 Å². The third-order valence-corrected chi connectivity index (χ3v) is 3.30. The number of nitrogen functional groups attached to an aromatic ring is 1. The van der Waals surface area contributed by atoms with E-state index >= 15 is 0 Å². The van der Waals surface area contributed by atoms with Gasteiger partial charge < -0.3 is 5.73 Å². The Morgan fingerprint density at radius 2 is 1.78 bits per heavy atom. The van der Waals surface area contributed by atoms with Crippen LogP contribution in [-0.2, 0) is 16.1 Å². The molecule has 1 aromatic carbocycles. The van der Waals surface area contributed by atoms with Gasteiger partial charge in [0.15, 0.2) is 0 Å². The maximum atomic E-state index is 11.9. The first kappa shape index (κ1) is 12.9. The van der Waals surface area contributed by atoms with Crippen molar-refractivity contribution in [2.75, 3.05) is 5.73 Å². The van der Waals surface area contributed by atoms with Gasteiger partial charge in [-0.3, -0.25) is 14.5 Å². The summed E-state index contributed by atoms with van der Waals surface area (Å²) in [6, 6.07) is 5.07. The van der Waals surface area contributed by atoms with Gasteiger partial charge in [-0.05, 0) is 36.6 Å². The van der Waals surface area contributed by atoms with Gasteiger partial charge in [-0.25, -0.2) is 0 Å². The summed E-state index contributed by atoms with van der Waals surface area (Å²) in [5.74, 6) is -0.256. The molecule has 1 aliphatic heterocycles. The van der Waals surface area contributed by atoms with Gasteiger partial charge in [-0.2, -0.15) is 0 Å². The summed E-state index contributed by atoms with van der Waals surface area (Å²) in [5, 5.41) is 0.550. The van der Waals surface area contributed by atoms with Crippen LogP contribution in [0.1, 0.15) is 31.2 Å². The van der Waals surface area contributed by atoms with Crippen molar-refractivity contribution in [1.82, 2.24) is 4.90 Å². The molecule has 0 bridgehead atoms. The minimum Gasteiger partial charge on any atom is -0.398 e. The van der Waals surface area contributed by atoms with Crippen molar-refractivity contribution in [3.8, 4) is 0 Å². The number of imide groups is 1. The van der Waals surface area contributed by atoms with E-state index in [1.807, 2.05) is 0 Å². The zero-order valence-electron chi connectivity index (χ0n) is 9.99. The highest BCUT2D eigenvalue weighted by Crippen LogP contribution is 2.22. The van der Waals surface area contributed by atoms with Crippen LogP contribution in [0, 0.1) is 0 Å². The van der Waals surface area contributed by atoms with Crippen molar-refractivity contribution < 1.29 is 9.59 Å². The van der Waals surface area contributed by atoms with Crippen LogP contribution in [0.4, 0.5) is 5.69 Å². The normalized spacial score (nSPS) is 16.8. The Morgan fingerprint density at radius 3 is 2.39 bits per heavy atom. The second-order valence-electron chi connectivity index (χ2n) is 4.42. The van der Waals surface area contributed by atoms with Gasteiger partial charge in [0.25, 0.3) is 0 Å². The highest BCUT2D eigenvalue weighted by Gasteiger charge is 2.24. The van der Waals surface area contributed by atoms with E-state index in [0.29, 0.717) is 29.1 Å². The van der Waals surface area contributed by atoms with Crippen molar-refractivity contribution >= 4 is 29.1 Å². The molecule has 0 aliphatic carbocycles. The van der Waals surface area contributed by atoms with Crippen molar-refractivity contribution in [1.29, 1.82) is 0 Å². The third kappa shape index (κ3) is 2.82. The number of benzene rings is 1. The van der Waals surface area contributed by atoms with Gasteiger partial charge in [-0.15, -0.1) is 0 Å². The first-order valence-electron chi connectivity index (χ1n) is 5.95. The van der Waals surface area contributed by atoms with E-state index in [4.69, 9.17) is 17.3 Å². The SMILES string of the molecule is Nc1ccc(Cl)cc1CN1C(=O)CCCCC1=O. The molecule has 5 heteroatoms. The third-order valence-electron chi connectivity index (χ3n) is 3.07. The summed E-state index contributed by atoms with van der Waals surface area (Å²) in [5.41, 5.74) is 7.09. The van der Waals surface area contributed by atoms with Crippen LogP contribution < -0.4 is 5.73 Å². The molecule has 0 saturated carbocycles. The molecular weight excluding hydrogens is 252 g/mol. The Bertz CT molecular complexity index is 470. The lowest BCUT2D eigenvalue weighted by Gasteiger charge is -2.19. The number of anilines is 1. The molecule has 0 spiro atoms. The monoisotopic (exact) mass is 266 g/mol. The first-order valence-corrected chi connectivity index (χ1v) is 6.33. The Kier molecular flexibility index (Phi) is 3.87. The van der Waals surface area contributed by atoms with E-state index in [1.165, 1.54) is 4.90 Å². The van der Waals surface area contributed by atoms with Gasteiger partial charge in [0.05, 0.1) is 6.54 Å². The van der Waals surface area contributed by atoms with Crippen LogP contribution in [0.3, 0.4) is 0 Å². The molecule has 2 rings (SSSR count). The van der Waals surface area contributed by atoms with E-state index in [0.717, 1.165) is 12.8 Å². The Hall–Kier alpha value is -1.55. The smallest absolute Gasteiger partial charge is 0.229 e. The summed E-state index contributed by atoms with van der Waals surface area (Å²) in [7, 11) is 0. The predicted molar refractivity (Wildman–Crippen MR) is 69.9 cm³/mol. The fourth-order valence-electron chi connectivity index (χ4n) is 2.02. The molecule has 1 aromatic rings. The van der Waals surface area contributed by atoms with Crippen LogP contribution in [0.15, 0.2) is 18.2 Å². The minimum absolute atomic E-state index is 0.128. The van der Waals surface area contributed by atoms with Gasteiger partial charge in [0.2, 0.25) is 11.8 Å². The first-order chi connectivity index (χ1) is 8.58. The predicted octanol–water partition coefficient (Wildman–Crippen LogP) is 2.35. The Labute approximate surface area is 111 Å². The number of carbonyl (C=O) groups is 2. The van der Waals surface area contributed by atoms with Crippen molar-refractivity contribution in [3.63, 3.8) is 0 Å². The van der Waals surface area contributed by atoms with Gasteiger partial charge in [0.1, 0.15) is 0 Å². The molecule has 18 heavy (non-hydrogen) atoms. The van der Waals surface area contributed by atoms with E-state index in [2.05, 4.69) is 0 Å². The zero-order valence-corrected chi connectivity index (χ0v) is 10.7. The molecule has 4 nitrogen and oxygen atoms in total. The van der Waals surface area contributed by atoms with E-state index in [9.17, 15) is 9.59 Å². The number of nitrogens with zero attached hydrogens (tertiary/aromatic N) is 1. The summed E-state index contributed by atoms with van der Waals surface area (Å²) >= 11 is 5.90. The molecule has 0 unspecified atom stereocenters. The number of hydrogen-bond acceptors (Lipinski definition) is 3. The second kappa shape index (κ2) is 5.40. The van der Waals surface area contributed by atoms with Crippen molar-refractivity contribution in [2.24, 2.45) is 0 Å². The second-order valence-corrected chi connectivity index (χ2v) is 4.86. The highest BCUT2D eigenvalue weighted by molar-refractivity contribution is 6.30. The van der Waals surface area contributed by atoms with E-state index < -0.39 is 0 Å². The summed E-state index contributed by atoms with van der Waals surface area (Å²) in [6.45, 7) is 0.212. The molecule has 1 aliphatic rings. The highest BCUT2D eigenvalue weighted by atomic mass is 35.5.